The summed E-state index contributed by atoms with van der Waals surface area (Å²) < 4.78 is 5.79. The standard InChI is InChI=1S/C22H31N5O.HI/c1-3-27-14-6-8-20(27)16-26-22(23-2)25-15-18-9-11-21(12-10-18)28-17-19-7-4-5-13-24-19;/h4-5,7,9-13,20H,3,6,8,14-17H2,1-2H3,(H2,23,25,26);1H. The summed E-state index contributed by atoms with van der Waals surface area (Å²) >= 11 is 0. The van der Waals surface area contributed by atoms with Crippen molar-refractivity contribution in [2.24, 2.45) is 4.99 Å². The molecule has 1 aromatic carbocycles. The van der Waals surface area contributed by atoms with Gasteiger partial charge in [-0.25, -0.2) is 0 Å². The van der Waals surface area contributed by atoms with Gasteiger partial charge in [-0.3, -0.25) is 14.9 Å². The molecule has 0 aliphatic carbocycles. The highest BCUT2D eigenvalue weighted by molar-refractivity contribution is 14.0. The molecule has 0 spiro atoms. The van der Waals surface area contributed by atoms with Crippen molar-refractivity contribution in [3.8, 4) is 5.75 Å². The minimum atomic E-state index is 0. The molecule has 2 N–H and O–H groups in total. The van der Waals surface area contributed by atoms with E-state index in [1.165, 1.54) is 24.9 Å². The topological polar surface area (TPSA) is 61.8 Å². The van der Waals surface area contributed by atoms with Crippen LogP contribution in [0.3, 0.4) is 0 Å². The highest BCUT2D eigenvalue weighted by Gasteiger charge is 2.22. The molecule has 1 saturated heterocycles. The molecule has 7 heteroatoms. The number of halogens is 1. The smallest absolute Gasteiger partial charge is 0.191 e. The van der Waals surface area contributed by atoms with Gasteiger partial charge < -0.3 is 15.4 Å². The van der Waals surface area contributed by atoms with Gasteiger partial charge in [0.05, 0.1) is 5.69 Å². The van der Waals surface area contributed by atoms with E-state index in [4.69, 9.17) is 4.74 Å². The first-order valence-electron chi connectivity index (χ1n) is 10.1. The number of hydrogen-bond acceptors (Lipinski definition) is 4. The number of benzene rings is 1. The first-order chi connectivity index (χ1) is 13.8. The van der Waals surface area contributed by atoms with Crippen molar-refractivity contribution in [1.82, 2.24) is 20.5 Å². The summed E-state index contributed by atoms with van der Waals surface area (Å²) in [6.07, 6.45) is 4.33. The average Bonchev–Trinajstić information content (AvgIpc) is 3.21. The summed E-state index contributed by atoms with van der Waals surface area (Å²) in [6.45, 7) is 6.70. The van der Waals surface area contributed by atoms with Gasteiger partial charge in [0.15, 0.2) is 5.96 Å². The Balaban J connectivity index is 0.00000300. The number of likely N-dealkylation sites (N-methyl/N-ethyl adjacent to an activating group) is 1. The molecule has 1 atom stereocenters. The predicted molar refractivity (Wildman–Crippen MR) is 129 cm³/mol. The van der Waals surface area contributed by atoms with Gasteiger partial charge >= 0.3 is 0 Å². The molecule has 2 heterocycles. The summed E-state index contributed by atoms with van der Waals surface area (Å²) in [5.74, 6) is 1.69. The molecule has 1 fully saturated rings. The van der Waals surface area contributed by atoms with Crippen LogP contribution < -0.4 is 15.4 Å². The Kier molecular flexibility index (Phi) is 10.2. The Labute approximate surface area is 191 Å². The molecule has 1 aliphatic heterocycles. The molecule has 1 unspecified atom stereocenters. The predicted octanol–water partition coefficient (Wildman–Crippen LogP) is 3.43. The fourth-order valence-corrected chi connectivity index (χ4v) is 3.51. The maximum absolute atomic E-state index is 5.79. The van der Waals surface area contributed by atoms with Crippen LogP contribution in [0.5, 0.6) is 5.75 Å². The molecule has 0 saturated carbocycles. The molecule has 158 valence electrons. The molecule has 0 radical (unpaired) electrons. The van der Waals surface area contributed by atoms with E-state index in [1.54, 1.807) is 6.20 Å². The number of aromatic nitrogens is 1. The Morgan fingerprint density at radius 3 is 2.72 bits per heavy atom. The molecule has 2 aromatic rings. The third-order valence-corrected chi connectivity index (χ3v) is 5.13. The molecule has 0 amide bonds. The van der Waals surface area contributed by atoms with Crippen molar-refractivity contribution in [2.45, 2.75) is 39.0 Å². The Morgan fingerprint density at radius 2 is 2.03 bits per heavy atom. The summed E-state index contributed by atoms with van der Waals surface area (Å²) in [5.41, 5.74) is 2.11. The van der Waals surface area contributed by atoms with Crippen LogP contribution in [0.2, 0.25) is 0 Å². The van der Waals surface area contributed by atoms with Gasteiger partial charge in [-0.2, -0.15) is 0 Å². The fourth-order valence-electron chi connectivity index (χ4n) is 3.51. The van der Waals surface area contributed by atoms with E-state index < -0.39 is 0 Å². The zero-order valence-corrected chi connectivity index (χ0v) is 19.6. The van der Waals surface area contributed by atoms with E-state index in [0.29, 0.717) is 12.6 Å². The van der Waals surface area contributed by atoms with Crippen molar-refractivity contribution < 1.29 is 4.74 Å². The van der Waals surface area contributed by atoms with E-state index in [-0.39, 0.29) is 24.0 Å². The Bertz CT molecular complexity index is 739. The SMILES string of the molecule is CCN1CCCC1CNC(=NC)NCc1ccc(OCc2ccccn2)cc1.I. The van der Waals surface area contributed by atoms with Crippen molar-refractivity contribution in [3.63, 3.8) is 0 Å². The highest BCUT2D eigenvalue weighted by Crippen LogP contribution is 2.16. The summed E-state index contributed by atoms with van der Waals surface area (Å²) in [4.78, 5) is 11.1. The Hall–Kier alpha value is -1.87. The maximum atomic E-state index is 5.79. The average molecular weight is 509 g/mol. The fraction of sp³-hybridized carbons (Fsp3) is 0.455. The molecule has 1 aromatic heterocycles. The van der Waals surface area contributed by atoms with Gasteiger partial charge in [0.25, 0.3) is 0 Å². The second kappa shape index (κ2) is 12.6. The van der Waals surface area contributed by atoms with Gasteiger partial charge in [0.2, 0.25) is 0 Å². The zero-order valence-electron chi connectivity index (χ0n) is 17.3. The van der Waals surface area contributed by atoms with E-state index in [2.05, 4.69) is 44.6 Å². The van der Waals surface area contributed by atoms with Gasteiger partial charge in [0.1, 0.15) is 12.4 Å². The number of nitrogens with one attached hydrogen (secondary N) is 2. The minimum Gasteiger partial charge on any atom is -0.487 e. The highest BCUT2D eigenvalue weighted by atomic mass is 127. The lowest BCUT2D eigenvalue weighted by atomic mass is 10.2. The van der Waals surface area contributed by atoms with Crippen molar-refractivity contribution >= 4 is 29.9 Å². The number of rotatable bonds is 8. The first-order valence-corrected chi connectivity index (χ1v) is 10.1. The quantitative estimate of drug-likeness (QED) is 0.325. The minimum absolute atomic E-state index is 0. The van der Waals surface area contributed by atoms with Crippen molar-refractivity contribution in [2.75, 3.05) is 26.7 Å². The molecule has 1 aliphatic rings. The van der Waals surface area contributed by atoms with Gasteiger partial charge in [-0.15, -0.1) is 24.0 Å². The van der Waals surface area contributed by atoms with Gasteiger partial charge in [0, 0.05) is 32.4 Å². The number of pyridine rings is 1. The number of aliphatic imine (C=N–C) groups is 1. The zero-order chi connectivity index (χ0) is 19.6. The molecule has 0 bridgehead atoms. The number of nitrogens with zero attached hydrogens (tertiary/aromatic N) is 3. The van der Waals surface area contributed by atoms with Crippen LogP contribution in [0.25, 0.3) is 0 Å². The van der Waals surface area contributed by atoms with E-state index in [9.17, 15) is 0 Å². The number of guanidine groups is 1. The van der Waals surface area contributed by atoms with Crippen LogP contribution in [0.4, 0.5) is 0 Å². The third kappa shape index (κ3) is 7.47. The summed E-state index contributed by atoms with van der Waals surface area (Å²) in [6, 6.07) is 14.6. The molecular formula is C22H32IN5O. The normalized spacial score (nSPS) is 16.9. The number of ether oxygens (including phenoxy) is 1. The van der Waals surface area contributed by atoms with E-state index in [0.717, 1.165) is 37.0 Å². The molecule has 29 heavy (non-hydrogen) atoms. The summed E-state index contributed by atoms with van der Waals surface area (Å²) in [7, 11) is 1.82. The number of hydrogen-bond donors (Lipinski definition) is 2. The number of likely N-dealkylation sites (tertiary alicyclic amines) is 1. The van der Waals surface area contributed by atoms with Crippen molar-refractivity contribution in [1.29, 1.82) is 0 Å². The van der Waals surface area contributed by atoms with Gasteiger partial charge in [-0.05, 0) is 55.8 Å². The van der Waals surface area contributed by atoms with Crippen LogP contribution in [-0.4, -0.2) is 48.6 Å². The van der Waals surface area contributed by atoms with Crippen LogP contribution in [0, 0.1) is 0 Å². The molecule has 3 rings (SSSR count). The second-order valence-electron chi connectivity index (χ2n) is 6.99. The summed E-state index contributed by atoms with van der Waals surface area (Å²) in [5, 5.41) is 6.85. The van der Waals surface area contributed by atoms with Gasteiger partial charge in [-0.1, -0.05) is 25.1 Å². The lowest BCUT2D eigenvalue weighted by Crippen LogP contribution is -2.44. The monoisotopic (exact) mass is 509 g/mol. The van der Waals surface area contributed by atoms with Crippen LogP contribution >= 0.6 is 24.0 Å². The lowest BCUT2D eigenvalue weighted by molar-refractivity contribution is 0.267. The lowest BCUT2D eigenvalue weighted by Gasteiger charge is -2.24. The second-order valence-corrected chi connectivity index (χ2v) is 6.99. The first kappa shape index (κ1) is 23.4. The molecular weight excluding hydrogens is 477 g/mol. The Morgan fingerprint density at radius 1 is 1.21 bits per heavy atom. The van der Waals surface area contributed by atoms with Crippen LogP contribution in [-0.2, 0) is 13.2 Å². The van der Waals surface area contributed by atoms with Crippen LogP contribution in [0.15, 0.2) is 53.7 Å². The van der Waals surface area contributed by atoms with Crippen LogP contribution in [0.1, 0.15) is 31.0 Å². The molecule has 6 nitrogen and oxygen atoms in total. The maximum Gasteiger partial charge on any atom is 0.191 e. The third-order valence-electron chi connectivity index (χ3n) is 5.13. The van der Waals surface area contributed by atoms with Crippen molar-refractivity contribution in [3.05, 3.63) is 59.9 Å². The van der Waals surface area contributed by atoms with E-state index >= 15 is 0 Å². The van der Waals surface area contributed by atoms with E-state index in [1.807, 2.05) is 37.4 Å². The largest absolute Gasteiger partial charge is 0.487 e.